The molecule has 0 fully saturated rings. The molecule has 0 aliphatic carbocycles. The third-order valence-corrected chi connectivity index (χ3v) is 12.0. The van der Waals surface area contributed by atoms with E-state index in [-0.39, 0.29) is 61.4 Å². The molecule has 4 aromatic rings. The Hall–Kier alpha value is -3.06. The Morgan fingerprint density at radius 1 is 0.470 bits per heavy atom. The fraction of sp³-hybridized carbons (Fsp3) is 0.577. The average molecular weight is 999 g/mol. The molecule has 0 saturated carbocycles. The number of hydrogen-bond acceptors (Lipinski definition) is 8. The van der Waals surface area contributed by atoms with Gasteiger partial charge in [-0.15, -0.1) is 49.6 Å². The molecule has 0 aliphatic rings. The standard InChI is InChI=1S/C52H80N6O4.4ClH/c1-3-5-7-9-19-35-57(51(59)45(55)27-15-17-33-53)37-21-39-61-47-31-29-41-23-11-13-25-43(41)49(47)50-44-26-14-12-24-42(44)30-32-48(50)62-40-22-38-58(36-20-10-8-6-4-2)52(60)46(56)28-16-18-34-54;;;;/h11-14,23-26,29-32,45-46H,3-10,15-22,27-28,33-40,53-56H2,1-2H3;4*1H/t45-,46-;;;;/m0..../s1. The molecule has 0 bridgehead atoms. The van der Waals surface area contributed by atoms with Crippen molar-refractivity contribution in [3.8, 4) is 22.6 Å². The smallest absolute Gasteiger partial charge is 0.239 e. The van der Waals surface area contributed by atoms with Crippen molar-refractivity contribution in [2.75, 3.05) is 52.5 Å². The van der Waals surface area contributed by atoms with Crippen molar-refractivity contribution in [2.24, 2.45) is 22.9 Å². The zero-order valence-corrected chi connectivity index (χ0v) is 43.2. The number of ether oxygens (including phenoxy) is 2. The normalized spacial score (nSPS) is 11.7. The van der Waals surface area contributed by atoms with Gasteiger partial charge in [0.1, 0.15) is 11.5 Å². The highest BCUT2D eigenvalue weighted by atomic mass is 35.5. The maximum atomic E-state index is 13.6. The zero-order valence-electron chi connectivity index (χ0n) is 39.9. The van der Waals surface area contributed by atoms with Crippen LogP contribution in [0.3, 0.4) is 0 Å². The van der Waals surface area contributed by atoms with Crippen LogP contribution in [-0.2, 0) is 9.59 Å². The summed E-state index contributed by atoms with van der Waals surface area (Å²) in [6.07, 6.45) is 17.4. The maximum Gasteiger partial charge on any atom is 0.239 e. The number of benzene rings is 4. The lowest BCUT2D eigenvalue weighted by Crippen LogP contribution is -2.45. The van der Waals surface area contributed by atoms with E-state index in [1.807, 2.05) is 9.80 Å². The number of unbranched alkanes of at least 4 members (excludes halogenated alkanes) is 10. The lowest BCUT2D eigenvalue weighted by atomic mass is 9.92. The van der Waals surface area contributed by atoms with Crippen molar-refractivity contribution in [1.29, 1.82) is 0 Å². The van der Waals surface area contributed by atoms with Gasteiger partial charge in [-0.3, -0.25) is 9.59 Å². The number of rotatable bonds is 33. The predicted molar refractivity (Wildman–Crippen MR) is 289 cm³/mol. The van der Waals surface area contributed by atoms with Crippen LogP contribution in [0.4, 0.5) is 0 Å². The van der Waals surface area contributed by atoms with Gasteiger partial charge in [0.05, 0.1) is 25.3 Å². The highest BCUT2D eigenvalue weighted by molar-refractivity contribution is 6.09. The third kappa shape index (κ3) is 20.7. The fourth-order valence-electron chi connectivity index (χ4n) is 8.34. The van der Waals surface area contributed by atoms with Crippen molar-refractivity contribution in [1.82, 2.24) is 9.80 Å². The first-order valence-electron chi connectivity index (χ1n) is 24.1. The monoisotopic (exact) mass is 997 g/mol. The summed E-state index contributed by atoms with van der Waals surface area (Å²) < 4.78 is 13.5. The molecular weight excluding hydrogens is 914 g/mol. The molecule has 0 radical (unpaired) electrons. The summed E-state index contributed by atoms with van der Waals surface area (Å²) in [6, 6.07) is 24.1. The Kier molecular flexibility index (Phi) is 35.2. The molecule has 0 spiro atoms. The zero-order chi connectivity index (χ0) is 44.4. The van der Waals surface area contributed by atoms with E-state index < -0.39 is 12.1 Å². The minimum Gasteiger partial charge on any atom is -0.493 e. The molecule has 4 aromatic carbocycles. The topological polar surface area (TPSA) is 163 Å². The first-order valence-corrected chi connectivity index (χ1v) is 24.1. The fourth-order valence-corrected chi connectivity index (χ4v) is 8.34. The van der Waals surface area contributed by atoms with E-state index >= 15 is 0 Å². The Morgan fingerprint density at radius 3 is 1.21 bits per heavy atom. The molecule has 0 aromatic heterocycles. The maximum absolute atomic E-state index is 13.6. The highest BCUT2D eigenvalue weighted by Gasteiger charge is 2.23. The molecule has 2 amide bonds. The van der Waals surface area contributed by atoms with Gasteiger partial charge in [-0.25, -0.2) is 0 Å². The predicted octanol–water partition coefficient (Wildman–Crippen LogP) is 11.4. The molecule has 4 rings (SSSR count). The van der Waals surface area contributed by atoms with E-state index in [9.17, 15) is 9.59 Å². The number of hydrogen-bond donors (Lipinski definition) is 4. The van der Waals surface area contributed by atoms with Crippen LogP contribution < -0.4 is 32.4 Å². The lowest BCUT2D eigenvalue weighted by Gasteiger charge is -2.26. The summed E-state index contributed by atoms with van der Waals surface area (Å²) in [5.74, 6) is 1.58. The van der Waals surface area contributed by atoms with Crippen LogP contribution in [0, 0.1) is 0 Å². The number of nitrogens with zero attached hydrogens (tertiary/aromatic N) is 2. The Labute approximate surface area is 422 Å². The second kappa shape index (κ2) is 36.9. The number of halogens is 4. The molecule has 8 N–H and O–H groups in total. The SMILES string of the molecule is CCCCCCCN(CCCOc1ccc2ccccc2c1-c1c(OCCCN(CCCCCCC)C(=O)[C@@H](N)CCCCN)ccc2ccccc12)C(=O)[C@@H](N)CCCCN.Cl.Cl.Cl.Cl. The molecular formula is C52H84Cl4N6O4. The highest BCUT2D eigenvalue weighted by Crippen LogP contribution is 2.45. The average Bonchev–Trinajstić information content (AvgIpc) is 3.29. The number of amides is 2. The molecule has 0 aliphatic heterocycles. The lowest BCUT2D eigenvalue weighted by molar-refractivity contribution is -0.133. The Balaban J connectivity index is 0.0000106. The van der Waals surface area contributed by atoms with Crippen LogP contribution in [0.2, 0.25) is 0 Å². The molecule has 10 nitrogen and oxygen atoms in total. The van der Waals surface area contributed by atoms with E-state index in [1.54, 1.807) is 0 Å². The van der Waals surface area contributed by atoms with Crippen LogP contribution in [0.5, 0.6) is 11.5 Å². The minimum atomic E-state index is -0.516. The number of nitrogens with two attached hydrogens (primary N) is 4. The molecule has 374 valence electrons. The van der Waals surface area contributed by atoms with Crippen LogP contribution in [0.25, 0.3) is 32.7 Å². The summed E-state index contributed by atoms with van der Waals surface area (Å²) in [5, 5.41) is 4.35. The largest absolute Gasteiger partial charge is 0.493 e. The number of carbonyl (C=O) groups excluding carboxylic acids is 2. The van der Waals surface area contributed by atoms with Gasteiger partial charge in [-0.1, -0.05) is 139 Å². The first kappa shape index (κ1) is 62.9. The van der Waals surface area contributed by atoms with E-state index in [2.05, 4.69) is 86.6 Å². The van der Waals surface area contributed by atoms with Crippen LogP contribution >= 0.6 is 49.6 Å². The van der Waals surface area contributed by atoms with E-state index in [0.29, 0.717) is 78.2 Å². The van der Waals surface area contributed by atoms with Gasteiger partial charge in [-0.2, -0.15) is 0 Å². The third-order valence-electron chi connectivity index (χ3n) is 12.0. The molecule has 66 heavy (non-hydrogen) atoms. The second-order valence-electron chi connectivity index (χ2n) is 17.0. The van der Waals surface area contributed by atoms with Crippen molar-refractivity contribution in [3.63, 3.8) is 0 Å². The first-order chi connectivity index (χ1) is 30.3. The van der Waals surface area contributed by atoms with Crippen molar-refractivity contribution in [3.05, 3.63) is 72.8 Å². The van der Waals surface area contributed by atoms with E-state index in [1.165, 1.54) is 38.5 Å². The quantitative estimate of drug-likeness (QED) is 0.0343. The van der Waals surface area contributed by atoms with Gasteiger partial charge in [0.25, 0.3) is 0 Å². The second-order valence-corrected chi connectivity index (χ2v) is 17.0. The Morgan fingerprint density at radius 2 is 0.833 bits per heavy atom. The van der Waals surface area contributed by atoms with Crippen molar-refractivity contribution < 1.29 is 19.1 Å². The molecule has 0 saturated heterocycles. The van der Waals surface area contributed by atoms with E-state index in [4.69, 9.17) is 32.4 Å². The van der Waals surface area contributed by atoms with E-state index in [0.717, 1.165) is 95.5 Å². The van der Waals surface area contributed by atoms with Crippen LogP contribution in [0.1, 0.15) is 129 Å². The van der Waals surface area contributed by atoms with Gasteiger partial charge in [0.15, 0.2) is 0 Å². The molecule has 2 atom stereocenters. The van der Waals surface area contributed by atoms with Crippen molar-refractivity contribution >= 4 is 83.0 Å². The van der Waals surface area contributed by atoms with Gasteiger partial charge < -0.3 is 42.2 Å². The summed E-state index contributed by atoms with van der Waals surface area (Å²) in [5.41, 5.74) is 26.3. The van der Waals surface area contributed by atoms with Gasteiger partial charge >= 0.3 is 0 Å². The molecule has 0 heterocycles. The van der Waals surface area contributed by atoms with Crippen LogP contribution in [0.15, 0.2) is 72.8 Å². The van der Waals surface area contributed by atoms with Crippen LogP contribution in [-0.4, -0.2) is 86.2 Å². The molecule has 14 heteroatoms. The number of carbonyl (C=O) groups is 2. The summed E-state index contributed by atoms with van der Waals surface area (Å²) >= 11 is 0. The van der Waals surface area contributed by atoms with Gasteiger partial charge in [0.2, 0.25) is 11.8 Å². The Bertz CT molecular complexity index is 1770. The summed E-state index contributed by atoms with van der Waals surface area (Å²) in [4.78, 5) is 31.1. The van der Waals surface area contributed by atoms with Gasteiger partial charge in [-0.05, 0) is 98.1 Å². The molecule has 0 unspecified atom stereocenters. The van der Waals surface area contributed by atoms with Gasteiger partial charge in [0, 0.05) is 37.3 Å². The summed E-state index contributed by atoms with van der Waals surface area (Å²) in [6.45, 7) is 9.09. The van der Waals surface area contributed by atoms with Crippen molar-refractivity contribution in [2.45, 2.75) is 142 Å². The summed E-state index contributed by atoms with van der Waals surface area (Å²) in [7, 11) is 0. The number of fused-ring (bicyclic) bond motifs is 2. The minimum absolute atomic E-state index is 0.